The zero-order valence-electron chi connectivity index (χ0n) is 11.8. The standard InChI is InChI=1S/C12H19N2O6/c1-12(2,3)20-11(18)13-7-6-10(17)14(19)9(16)5-4-8-15/h8H,4-7H2,1-3H3,(H,13,18)/q-1. The van der Waals surface area contributed by atoms with Crippen LogP contribution in [0.2, 0.25) is 0 Å². The minimum Gasteiger partial charge on any atom is -0.750 e. The second-order valence-corrected chi connectivity index (χ2v) is 4.97. The Morgan fingerprint density at radius 2 is 1.75 bits per heavy atom. The molecule has 8 heteroatoms. The highest BCUT2D eigenvalue weighted by Gasteiger charge is 2.16. The van der Waals surface area contributed by atoms with Crippen molar-refractivity contribution in [3.05, 3.63) is 5.21 Å². The van der Waals surface area contributed by atoms with Gasteiger partial charge in [-0.05, 0) is 20.8 Å². The monoisotopic (exact) mass is 287 g/mol. The first-order valence-electron chi connectivity index (χ1n) is 6.11. The summed E-state index contributed by atoms with van der Waals surface area (Å²) >= 11 is 0. The first kappa shape index (κ1) is 18.0. The Morgan fingerprint density at radius 1 is 1.20 bits per heavy atom. The Morgan fingerprint density at radius 3 is 2.25 bits per heavy atom. The van der Waals surface area contributed by atoms with E-state index in [1.54, 1.807) is 20.8 Å². The molecule has 0 saturated heterocycles. The molecule has 0 aliphatic carbocycles. The summed E-state index contributed by atoms with van der Waals surface area (Å²) in [6.07, 6.45) is -0.968. The van der Waals surface area contributed by atoms with Crippen molar-refractivity contribution in [2.75, 3.05) is 6.54 Å². The van der Waals surface area contributed by atoms with Gasteiger partial charge in [-0.25, -0.2) is 4.79 Å². The molecular formula is C12H19N2O6-. The molecule has 3 amide bonds. The van der Waals surface area contributed by atoms with Gasteiger partial charge in [-0.15, -0.1) is 0 Å². The molecule has 0 bridgehead atoms. The summed E-state index contributed by atoms with van der Waals surface area (Å²) in [5, 5.41) is 13.2. The summed E-state index contributed by atoms with van der Waals surface area (Å²) in [5.74, 6) is -1.95. The van der Waals surface area contributed by atoms with E-state index in [0.29, 0.717) is 6.29 Å². The number of carbonyl (C=O) groups is 4. The van der Waals surface area contributed by atoms with Crippen molar-refractivity contribution in [3.8, 4) is 0 Å². The number of aldehydes is 1. The molecule has 1 N–H and O–H groups in total. The number of ether oxygens (including phenoxy) is 1. The molecule has 114 valence electrons. The van der Waals surface area contributed by atoms with E-state index in [-0.39, 0.29) is 30.9 Å². The molecule has 0 aromatic carbocycles. The molecule has 0 rings (SSSR count). The number of imide groups is 1. The summed E-state index contributed by atoms with van der Waals surface area (Å²) in [4.78, 5) is 43.8. The highest BCUT2D eigenvalue weighted by molar-refractivity contribution is 5.96. The lowest BCUT2D eigenvalue weighted by Gasteiger charge is -2.26. The topological polar surface area (TPSA) is 116 Å². The third kappa shape index (κ3) is 8.20. The van der Waals surface area contributed by atoms with Crippen LogP contribution in [-0.2, 0) is 19.1 Å². The maximum atomic E-state index is 11.3. The third-order valence-corrected chi connectivity index (χ3v) is 1.94. The van der Waals surface area contributed by atoms with Gasteiger partial charge < -0.3 is 25.1 Å². The summed E-state index contributed by atoms with van der Waals surface area (Å²) in [5.41, 5.74) is -0.663. The normalized spacial score (nSPS) is 10.6. The number of nitrogens with one attached hydrogen (secondary N) is 1. The summed E-state index contributed by atoms with van der Waals surface area (Å²) in [6, 6.07) is 0. The molecule has 0 heterocycles. The van der Waals surface area contributed by atoms with Crippen LogP contribution >= 0.6 is 0 Å². The number of nitrogens with zero attached hydrogens (tertiary/aromatic N) is 1. The molecule has 0 spiro atoms. The molecule has 0 unspecified atom stereocenters. The number of rotatable bonds is 6. The van der Waals surface area contributed by atoms with E-state index < -0.39 is 23.5 Å². The van der Waals surface area contributed by atoms with E-state index in [1.165, 1.54) is 0 Å². The zero-order chi connectivity index (χ0) is 15.8. The maximum absolute atomic E-state index is 11.3. The van der Waals surface area contributed by atoms with Crippen molar-refractivity contribution in [2.45, 2.75) is 45.6 Å². The SMILES string of the molecule is CC(C)(C)OC(=O)NCCC(=O)N([O-])C(=O)CCC=O. The van der Waals surface area contributed by atoms with Gasteiger partial charge in [-0.3, -0.25) is 9.59 Å². The fraction of sp³-hybridized carbons (Fsp3) is 0.667. The molecule has 0 aliphatic rings. The van der Waals surface area contributed by atoms with Crippen LogP contribution in [-0.4, -0.2) is 41.4 Å². The van der Waals surface area contributed by atoms with Crippen molar-refractivity contribution in [1.82, 2.24) is 10.4 Å². The van der Waals surface area contributed by atoms with Crippen LogP contribution in [0.5, 0.6) is 0 Å². The van der Waals surface area contributed by atoms with Crippen LogP contribution in [0.3, 0.4) is 0 Å². The predicted octanol–water partition coefficient (Wildman–Crippen LogP) is 0.733. The first-order valence-corrected chi connectivity index (χ1v) is 6.11. The number of hydrogen-bond acceptors (Lipinski definition) is 6. The van der Waals surface area contributed by atoms with E-state index >= 15 is 0 Å². The summed E-state index contributed by atoms with van der Waals surface area (Å²) in [7, 11) is 0. The Hall–Kier alpha value is -1.96. The lowest BCUT2D eigenvalue weighted by molar-refractivity contribution is -0.141. The van der Waals surface area contributed by atoms with Gasteiger partial charge >= 0.3 is 6.09 Å². The molecule has 0 atom stereocenters. The zero-order valence-corrected chi connectivity index (χ0v) is 11.8. The number of hydroxylamine groups is 2. The van der Waals surface area contributed by atoms with Crippen LogP contribution in [0.15, 0.2) is 0 Å². The highest BCUT2D eigenvalue weighted by atomic mass is 16.6. The van der Waals surface area contributed by atoms with E-state index in [9.17, 15) is 24.4 Å². The molecule has 0 radical (unpaired) electrons. The fourth-order valence-corrected chi connectivity index (χ4v) is 1.11. The van der Waals surface area contributed by atoms with Gasteiger partial charge in [0.15, 0.2) is 0 Å². The Balaban J connectivity index is 4.01. The van der Waals surface area contributed by atoms with Crippen molar-refractivity contribution < 1.29 is 23.9 Å². The van der Waals surface area contributed by atoms with Crippen LogP contribution in [0.25, 0.3) is 0 Å². The lowest BCUT2D eigenvalue weighted by Crippen LogP contribution is -2.36. The van der Waals surface area contributed by atoms with Gasteiger partial charge in [-0.1, -0.05) is 0 Å². The van der Waals surface area contributed by atoms with E-state index in [2.05, 4.69) is 5.32 Å². The van der Waals surface area contributed by atoms with Crippen molar-refractivity contribution in [2.24, 2.45) is 0 Å². The molecule has 8 nitrogen and oxygen atoms in total. The van der Waals surface area contributed by atoms with Gasteiger partial charge in [0.2, 0.25) is 11.8 Å². The molecule has 0 aromatic heterocycles. The van der Waals surface area contributed by atoms with Crippen molar-refractivity contribution in [1.29, 1.82) is 0 Å². The molecule has 0 aromatic rings. The van der Waals surface area contributed by atoms with Gasteiger partial charge in [0.1, 0.15) is 11.9 Å². The van der Waals surface area contributed by atoms with Gasteiger partial charge in [0, 0.05) is 25.8 Å². The Labute approximate surface area is 117 Å². The average molecular weight is 287 g/mol. The van der Waals surface area contributed by atoms with Crippen LogP contribution < -0.4 is 5.32 Å². The first-order chi connectivity index (χ1) is 9.17. The molecule has 0 fully saturated rings. The van der Waals surface area contributed by atoms with E-state index in [4.69, 9.17) is 4.74 Å². The van der Waals surface area contributed by atoms with Crippen LogP contribution in [0.4, 0.5) is 4.79 Å². The van der Waals surface area contributed by atoms with Crippen molar-refractivity contribution >= 4 is 24.2 Å². The highest BCUT2D eigenvalue weighted by Crippen LogP contribution is 2.06. The minimum absolute atomic E-state index is 0.110. The van der Waals surface area contributed by atoms with E-state index in [1.807, 2.05) is 0 Å². The second-order valence-electron chi connectivity index (χ2n) is 4.97. The average Bonchev–Trinajstić information content (AvgIpc) is 2.32. The quantitative estimate of drug-likeness (QED) is 0.568. The Bertz CT molecular complexity index is 375. The molecular weight excluding hydrogens is 268 g/mol. The van der Waals surface area contributed by atoms with Gasteiger partial charge in [0.25, 0.3) is 0 Å². The van der Waals surface area contributed by atoms with Crippen LogP contribution in [0.1, 0.15) is 40.0 Å². The van der Waals surface area contributed by atoms with Crippen molar-refractivity contribution in [3.63, 3.8) is 0 Å². The lowest BCUT2D eigenvalue weighted by atomic mass is 10.2. The molecule has 0 aliphatic heterocycles. The van der Waals surface area contributed by atoms with Gasteiger partial charge in [-0.2, -0.15) is 0 Å². The fourth-order valence-electron chi connectivity index (χ4n) is 1.11. The maximum Gasteiger partial charge on any atom is 0.407 e. The van der Waals surface area contributed by atoms with Crippen LogP contribution in [0, 0.1) is 5.21 Å². The number of alkyl carbamates (subject to hydrolysis) is 1. The third-order valence-electron chi connectivity index (χ3n) is 1.94. The minimum atomic E-state index is -0.975. The summed E-state index contributed by atoms with van der Waals surface area (Å²) < 4.78 is 4.92. The number of carbonyl (C=O) groups excluding carboxylic acids is 4. The van der Waals surface area contributed by atoms with Gasteiger partial charge in [0.05, 0.1) is 0 Å². The largest absolute Gasteiger partial charge is 0.750 e. The number of hydrogen-bond donors (Lipinski definition) is 1. The van der Waals surface area contributed by atoms with E-state index in [0.717, 1.165) is 0 Å². The second kappa shape index (κ2) is 8.26. The Kier molecular flexibility index (Phi) is 7.45. The smallest absolute Gasteiger partial charge is 0.407 e. The molecule has 20 heavy (non-hydrogen) atoms. The molecule has 0 saturated carbocycles. The summed E-state index contributed by atoms with van der Waals surface area (Å²) in [6.45, 7) is 4.93. The number of amides is 3. The predicted molar refractivity (Wildman–Crippen MR) is 69.4 cm³/mol.